The summed E-state index contributed by atoms with van der Waals surface area (Å²) >= 11 is 0. The number of hydrogen-bond donors (Lipinski definition) is 2. The predicted molar refractivity (Wildman–Crippen MR) is 94.6 cm³/mol. The Morgan fingerprint density at radius 3 is 2.21 bits per heavy atom. The maximum atomic E-state index is 12.1. The van der Waals surface area contributed by atoms with Gasteiger partial charge in [-0.15, -0.1) is 0 Å². The van der Waals surface area contributed by atoms with Gasteiger partial charge in [0, 0.05) is 19.5 Å². The highest BCUT2D eigenvalue weighted by Gasteiger charge is 2.38. The number of nitro groups is 1. The van der Waals surface area contributed by atoms with E-state index in [9.17, 15) is 28.1 Å². The smallest absolute Gasteiger partial charge is 0.471 e. The molecule has 28 heavy (non-hydrogen) atoms. The third-order valence-corrected chi connectivity index (χ3v) is 3.30. The zero-order valence-electron chi connectivity index (χ0n) is 14.7. The maximum absolute atomic E-state index is 12.1. The van der Waals surface area contributed by atoms with Gasteiger partial charge in [-0.05, 0) is 23.6 Å². The summed E-state index contributed by atoms with van der Waals surface area (Å²) < 4.78 is 36.3. The van der Waals surface area contributed by atoms with E-state index in [1.54, 1.807) is 47.8 Å². The number of benzene rings is 2. The Hall–Kier alpha value is -3.43. The zero-order valence-corrected chi connectivity index (χ0v) is 14.7. The maximum Gasteiger partial charge on any atom is 0.471 e. The Morgan fingerprint density at radius 1 is 1.14 bits per heavy atom. The van der Waals surface area contributed by atoms with Gasteiger partial charge in [-0.2, -0.15) is 13.2 Å². The lowest BCUT2D eigenvalue weighted by Crippen LogP contribution is -2.37. The summed E-state index contributed by atoms with van der Waals surface area (Å²) in [6.07, 6.45) is -4.89. The van der Waals surface area contributed by atoms with Gasteiger partial charge in [0.15, 0.2) is 0 Å². The van der Waals surface area contributed by atoms with Gasteiger partial charge in [0.2, 0.25) is 0 Å². The summed E-state index contributed by atoms with van der Waals surface area (Å²) in [7, 11) is 0. The minimum atomic E-state index is -4.94. The molecule has 0 unspecified atom stereocenters. The molecule has 0 fully saturated rings. The number of carbonyl (C=O) groups excluding carboxylic acids is 1. The summed E-state index contributed by atoms with van der Waals surface area (Å²) in [5, 5.41) is 20.4. The number of rotatable bonds is 5. The van der Waals surface area contributed by atoms with Crippen LogP contribution in [0.5, 0.6) is 0 Å². The van der Waals surface area contributed by atoms with Gasteiger partial charge in [-0.3, -0.25) is 19.7 Å². The first-order chi connectivity index (χ1) is 13.0. The summed E-state index contributed by atoms with van der Waals surface area (Å²) in [6.45, 7) is 0.820. The molecule has 7 nitrogen and oxygen atoms in total. The SMILES string of the molecule is CC(=O)O.O=C(NCCc1ccc(-c2ccccc2)c([N+](=O)[O-])c1)C(F)(F)F. The molecule has 0 atom stereocenters. The number of carboxylic acids is 1. The second-order valence-electron chi connectivity index (χ2n) is 5.50. The van der Waals surface area contributed by atoms with Crippen molar-refractivity contribution in [2.75, 3.05) is 6.54 Å². The number of nitrogens with zero attached hydrogens (tertiary/aromatic N) is 1. The van der Waals surface area contributed by atoms with E-state index in [0.717, 1.165) is 6.92 Å². The molecule has 0 saturated carbocycles. The minimum absolute atomic E-state index is 0.0533. The van der Waals surface area contributed by atoms with Crippen LogP contribution in [0.4, 0.5) is 18.9 Å². The van der Waals surface area contributed by atoms with Gasteiger partial charge in [-0.25, -0.2) is 0 Å². The molecule has 0 aliphatic rings. The average Bonchev–Trinajstić information content (AvgIpc) is 2.61. The lowest BCUT2D eigenvalue weighted by Gasteiger charge is -2.09. The Bertz CT molecular complexity index is 835. The first kappa shape index (κ1) is 22.6. The Labute approximate surface area is 158 Å². The molecular formula is C18H17F3N2O5. The molecule has 0 aromatic heterocycles. The molecule has 0 heterocycles. The van der Waals surface area contributed by atoms with Crippen molar-refractivity contribution in [1.29, 1.82) is 0 Å². The van der Waals surface area contributed by atoms with E-state index in [2.05, 4.69) is 0 Å². The molecule has 2 N–H and O–H groups in total. The molecule has 0 spiro atoms. The summed E-state index contributed by atoms with van der Waals surface area (Å²) in [5.41, 5.74) is 1.41. The molecule has 0 aliphatic carbocycles. The van der Waals surface area contributed by atoms with E-state index in [4.69, 9.17) is 9.90 Å². The van der Waals surface area contributed by atoms with Crippen LogP contribution in [0.25, 0.3) is 11.1 Å². The molecular weight excluding hydrogens is 381 g/mol. The van der Waals surface area contributed by atoms with Crippen molar-refractivity contribution >= 4 is 17.6 Å². The topological polar surface area (TPSA) is 110 Å². The van der Waals surface area contributed by atoms with E-state index in [-0.39, 0.29) is 18.7 Å². The lowest BCUT2D eigenvalue weighted by atomic mass is 10.0. The molecule has 0 saturated heterocycles. The van der Waals surface area contributed by atoms with Crippen LogP contribution < -0.4 is 5.32 Å². The largest absolute Gasteiger partial charge is 0.481 e. The second-order valence-corrected chi connectivity index (χ2v) is 5.50. The van der Waals surface area contributed by atoms with E-state index >= 15 is 0 Å². The highest BCUT2D eigenvalue weighted by molar-refractivity contribution is 5.81. The highest BCUT2D eigenvalue weighted by Crippen LogP contribution is 2.30. The van der Waals surface area contributed by atoms with Crippen LogP contribution in [0.2, 0.25) is 0 Å². The van der Waals surface area contributed by atoms with Crippen LogP contribution in [-0.4, -0.2) is 34.6 Å². The van der Waals surface area contributed by atoms with E-state index < -0.39 is 23.0 Å². The fourth-order valence-electron chi connectivity index (χ4n) is 2.17. The van der Waals surface area contributed by atoms with Crippen LogP contribution in [0, 0.1) is 10.1 Å². The van der Waals surface area contributed by atoms with Gasteiger partial charge < -0.3 is 10.4 Å². The molecule has 0 aliphatic heterocycles. The third-order valence-electron chi connectivity index (χ3n) is 3.30. The molecule has 10 heteroatoms. The normalized spacial score (nSPS) is 10.4. The minimum Gasteiger partial charge on any atom is -0.481 e. The first-order valence-electron chi connectivity index (χ1n) is 7.89. The molecule has 2 rings (SSSR count). The number of halogens is 3. The van der Waals surface area contributed by atoms with Gasteiger partial charge in [-0.1, -0.05) is 36.4 Å². The fourth-order valence-corrected chi connectivity index (χ4v) is 2.17. The first-order valence-corrected chi connectivity index (χ1v) is 7.89. The predicted octanol–water partition coefficient (Wildman–Crippen LogP) is 3.57. The van der Waals surface area contributed by atoms with Crippen LogP contribution in [0.3, 0.4) is 0 Å². The summed E-state index contributed by atoms with van der Waals surface area (Å²) in [6, 6.07) is 13.2. The molecule has 2 aromatic rings. The zero-order chi connectivity index (χ0) is 21.3. The van der Waals surface area contributed by atoms with Crippen molar-refractivity contribution in [2.24, 2.45) is 0 Å². The standard InChI is InChI=1S/C16H13F3N2O3.C2H4O2/c17-16(18,19)15(22)20-9-8-11-6-7-13(14(10-11)21(23)24)12-4-2-1-3-5-12;1-2(3)4/h1-7,10H,8-9H2,(H,20,22);1H3,(H,3,4). The Balaban J connectivity index is 0.000000892. The van der Waals surface area contributed by atoms with Crippen LogP contribution in [-0.2, 0) is 16.0 Å². The number of hydrogen-bond acceptors (Lipinski definition) is 4. The van der Waals surface area contributed by atoms with E-state index in [1.165, 1.54) is 6.07 Å². The summed E-state index contributed by atoms with van der Waals surface area (Å²) in [4.78, 5) is 30.4. The van der Waals surface area contributed by atoms with Crippen molar-refractivity contribution in [2.45, 2.75) is 19.5 Å². The van der Waals surface area contributed by atoms with Gasteiger partial charge in [0.1, 0.15) is 0 Å². The fraction of sp³-hybridized carbons (Fsp3) is 0.222. The number of carbonyl (C=O) groups is 2. The van der Waals surface area contributed by atoms with Crippen LogP contribution in [0.15, 0.2) is 48.5 Å². The quantitative estimate of drug-likeness (QED) is 0.591. The summed E-state index contributed by atoms with van der Waals surface area (Å²) in [5.74, 6) is -2.86. The van der Waals surface area contributed by atoms with Crippen molar-refractivity contribution in [1.82, 2.24) is 5.32 Å². The molecule has 0 bridgehead atoms. The van der Waals surface area contributed by atoms with Crippen molar-refractivity contribution in [3.8, 4) is 11.1 Å². The Morgan fingerprint density at radius 2 is 1.71 bits per heavy atom. The van der Waals surface area contributed by atoms with Crippen molar-refractivity contribution in [3.05, 3.63) is 64.2 Å². The number of amides is 1. The third kappa shape index (κ3) is 7.44. The second kappa shape index (κ2) is 10.0. The molecule has 150 valence electrons. The number of nitro benzene ring substituents is 1. The van der Waals surface area contributed by atoms with Gasteiger partial charge in [0.05, 0.1) is 10.5 Å². The molecule has 0 radical (unpaired) electrons. The number of nitrogens with one attached hydrogen (secondary N) is 1. The molecule has 1 amide bonds. The highest BCUT2D eigenvalue weighted by atomic mass is 19.4. The Kier molecular flexibility index (Phi) is 8.11. The van der Waals surface area contributed by atoms with Crippen molar-refractivity contribution < 1.29 is 32.8 Å². The van der Waals surface area contributed by atoms with E-state index in [0.29, 0.717) is 16.7 Å². The molecule has 2 aromatic carbocycles. The number of carboxylic acid groups (broad SMARTS) is 1. The van der Waals surface area contributed by atoms with Gasteiger partial charge in [0.25, 0.3) is 11.7 Å². The van der Waals surface area contributed by atoms with E-state index in [1.807, 2.05) is 0 Å². The monoisotopic (exact) mass is 398 g/mol. The average molecular weight is 398 g/mol. The number of aliphatic carboxylic acids is 1. The van der Waals surface area contributed by atoms with Crippen LogP contribution >= 0.6 is 0 Å². The lowest BCUT2D eigenvalue weighted by molar-refractivity contribution is -0.384. The van der Waals surface area contributed by atoms with Gasteiger partial charge >= 0.3 is 12.1 Å². The number of alkyl halides is 3. The van der Waals surface area contributed by atoms with Crippen LogP contribution in [0.1, 0.15) is 12.5 Å². The van der Waals surface area contributed by atoms with Crippen molar-refractivity contribution in [3.63, 3.8) is 0 Å².